The Balaban J connectivity index is 1.87. The van der Waals surface area contributed by atoms with E-state index in [1.165, 1.54) is 42.7 Å². The van der Waals surface area contributed by atoms with E-state index in [2.05, 4.69) is 15.5 Å². The van der Waals surface area contributed by atoms with Gasteiger partial charge in [0.05, 0.1) is 28.6 Å². The van der Waals surface area contributed by atoms with Crippen molar-refractivity contribution in [1.29, 1.82) is 0 Å². The van der Waals surface area contributed by atoms with E-state index in [9.17, 15) is 27.9 Å². The summed E-state index contributed by atoms with van der Waals surface area (Å²) in [4.78, 5) is 29.1. The zero-order valence-corrected chi connectivity index (χ0v) is 16.7. The molecule has 1 amide bonds. The zero-order chi connectivity index (χ0) is 23.6. The Bertz CT molecular complexity index is 1430. The van der Waals surface area contributed by atoms with Crippen LogP contribution < -0.4 is 11.0 Å². The highest BCUT2D eigenvalue weighted by atomic mass is 19.4. The Kier molecular flexibility index (Phi) is 5.65. The number of hydrogen-bond donors (Lipinski definition) is 2. The summed E-state index contributed by atoms with van der Waals surface area (Å²) in [6.07, 6.45) is -0.879. The fraction of sp³-hybridized carbons (Fsp3) is 0.0435. The summed E-state index contributed by atoms with van der Waals surface area (Å²) in [6.45, 7) is 0. The van der Waals surface area contributed by atoms with E-state index < -0.39 is 34.8 Å². The van der Waals surface area contributed by atoms with Crippen molar-refractivity contribution in [3.05, 3.63) is 100 Å². The van der Waals surface area contributed by atoms with Crippen LogP contribution in [0.15, 0.2) is 83.0 Å². The lowest BCUT2D eigenvalue weighted by Crippen LogP contribution is -2.23. The van der Waals surface area contributed by atoms with Crippen molar-refractivity contribution < 1.29 is 23.1 Å². The van der Waals surface area contributed by atoms with E-state index in [0.717, 1.165) is 18.3 Å². The van der Waals surface area contributed by atoms with Gasteiger partial charge in [0.25, 0.3) is 11.5 Å². The van der Waals surface area contributed by atoms with Gasteiger partial charge in [0.2, 0.25) is 5.88 Å². The van der Waals surface area contributed by atoms with Gasteiger partial charge in [-0.25, -0.2) is 9.99 Å². The summed E-state index contributed by atoms with van der Waals surface area (Å²) in [6, 6.07) is 13.6. The van der Waals surface area contributed by atoms with Gasteiger partial charge in [0.15, 0.2) is 0 Å². The average Bonchev–Trinajstić information content (AvgIpc) is 2.81. The van der Waals surface area contributed by atoms with E-state index in [4.69, 9.17) is 0 Å². The number of fused-ring (bicyclic) bond motifs is 1. The van der Waals surface area contributed by atoms with Crippen LogP contribution in [-0.4, -0.2) is 26.8 Å². The fourth-order valence-electron chi connectivity index (χ4n) is 3.34. The third kappa shape index (κ3) is 4.18. The predicted octanol–water partition coefficient (Wildman–Crippen LogP) is 3.87. The molecule has 4 aromatic rings. The molecule has 0 saturated heterocycles. The van der Waals surface area contributed by atoms with Crippen LogP contribution in [0.25, 0.3) is 16.5 Å². The number of pyridine rings is 2. The van der Waals surface area contributed by atoms with Gasteiger partial charge in [-0.2, -0.15) is 18.3 Å². The van der Waals surface area contributed by atoms with Gasteiger partial charge in [-0.1, -0.05) is 30.3 Å². The Morgan fingerprint density at radius 2 is 1.73 bits per heavy atom. The molecule has 0 spiro atoms. The molecule has 2 heterocycles. The molecule has 0 aliphatic heterocycles. The molecule has 0 bridgehead atoms. The highest BCUT2D eigenvalue weighted by molar-refractivity contribution is 6.02. The molecule has 0 unspecified atom stereocenters. The minimum absolute atomic E-state index is 0.0475. The van der Waals surface area contributed by atoms with Crippen molar-refractivity contribution >= 4 is 22.9 Å². The number of halogens is 3. The number of benzene rings is 2. The summed E-state index contributed by atoms with van der Waals surface area (Å²) in [5.41, 5.74) is -0.0210. The van der Waals surface area contributed by atoms with Gasteiger partial charge in [0, 0.05) is 23.2 Å². The molecular formula is C23H15F3N4O3. The zero-order valence-electron chi connectivity index (χ0n) is 16.7. The Hall–Kier alpha value is -4.47. The number of hydrogen-bond acceptors (Lipinski definition) is 5. The van der Waals surface area contributed by atoms with Gasteiger partial charge < -0.3 is 5.11 Å². The quantitative estimate of drug-likeness (QED) is 0.363. The first kappa shape index (κ1) is 21.8. The van der Waals surface area contributed by atoms with Crippen molar-refractivity contribution in [1.82, 2.24) is 15.0 Å². The molecule has 7 nitrogen and oxygen atoms in total. The lowest BCUT2D eigenvalue weighted by atomic mass is 10.1. The molecular weight excluding hydrogens is 437 g/mol. The largest absolute Gasteiger partial charge is 0.494 e. The van der Waals surface area contributed by atoms with Gasteiger partial charge in [-0.3, -0.25) is 14.6 Å². The summed E-state index contributed by atoms with van der Waals surface area (Å²) in [7, 11) is 0. The molecule has 0 saturated carbocycles. The van der Waals surface area contributed by atoms with E-state index in [1.54, 1.807) is 18.2 Å². The molecule has 0 atom stereocenters. The molecule has 0 radical (unpaired) electrons. The second-order valence-electron chi connectivity index (χ2n) is 6.88. The Labute approximate surface area is 184 Å². The van der Waals surface area contributed by atoms with Crippen LogP contribution in [0.3, 0.4) is 0 Å². The molecule has 33 heavy (non-hydrogen) atoms. The summed E-state index contributed by atoms with van der Waals surface area (Å²) >= 11 is 0. The first-order chi connectivity index (χ1) is 15.8. The van der Waals surface area contributed by atoms with Gasteiger partial charge in [0.1, 0.15) is 0 Å². The maximum absolute atomic E-state index is 13.6. The van der Waals surface area contributed by atoms with Crippen LogP contribution in [0.4, 0.5) is 13.2 Å². The van der Waals surface area contributed by atoms with Gasteiger partial charge >= 0.3 is 6.18 Å². The van der Waals surface area contributed by atoms with Crippen LogP contribution in [0.1, 0.15) is 21.5 Å². The number of aromatic nitrogens is 2. The monoisotopic (exact) mass is 452 g/mol. The topological polar surface area (TPSA) is 96.6 Å². The number of carbonyl (C=O) groups excluding carboxylic acids is 1. The van der Waals surface area contributed by atoms with E-state index >= 15 is 0 Å². The smallest absolute Gasteiger partial charge is 0.418 e. The lowest BCUT2D eigenvalue weighted by molar-refractivity contribution is -0.137. The number of amides is 1. The second kappa shape index (κ2) is 8.58. The van der Waals surface area contributed by atoms with E-state index in [-0.39, 0.29) is 21.9 Å². The number of aromatic hydroxyl groups is 1. The molecule has 10 heteroatoms. The van der Waals surface area contributed by atoms with Crippen molar-refractivity contribution in [2.24, 2.45) is 5.10 Å². The first-order valence-electron chi connectivity index (χ1n) is 9.56. The number of para-hydroxylation sites is 1. The predicted molar refractivity (Wildman–Crippen MR) is 116 cm³/mol. The Morgan fingerprint density at radius 1 is 1.03 bits per heavy atom. The van der Waals surface area contributed by atoms with Crippen LogP contribution in [0, 0.1) is 0 Å². The summed E-state index contributed by atoms with van der Waals surface area (Å²) < 4.78 is 41.3. The van der Waals surface area contributed by atoms with Crippen molar-refractivity contribution in [3.8, 4) is 11.6 Å². The molecule has 4 rings (SSSR count). The van der Waals surface area contributed by atoms with Crippen LogP contribution in [0.2, 0.25) is 0 Å². The third-order valence-electron chi connectivity index (χ3n) is 4.84. The average molecular weight is 452 g/mol. The number of hydrazone groups is 1. The fourth-order valence-corrected chi connectivity index (χ4v) is 3.34. The maximum Gasteiger partial charge on any atom is 0.418 e. The summed E-state index contributed by atoms with van der Waals surface area (Å²) in [5, 5.41) is 15.0. The standard InChI is InChI=1S/C23H15F3N4O3/c24-23(25,26)18-9-3-4-10-19(18)30-21(32)16-8-2-1-7-15(16)17(22(30)33)13-28-29-20(31)14-6-5-11-27-12-14/h1-13,33H,(H,29,31)/b28-13+. The minimum atomic E-state index is -4.76. The minimum Gasteiger partial charge on any atom is -0.494 e. The number of nitrogens with zero attached hydrogens (tertiary/aromatic N) is 3. The first-order valence-corrected chi connectivity index (χ1v) is 9.56. The van der Waals surface area contributed by atoms with Crippen molar-refractivity contribution in [2.75, 3.05) is 0 Å². The number of alkyl halides is 3. The number of nitrogens with one attached hydrogen (secondary N) is 1. The van der Waals surface area contributed by atoms with Crippen LogP contribution >= 0.6 is 0 Å². The highest BCUT2D eigenvalue weighted by Crippen LogP contribution is 2.35. The highest BCUT2D eigenvalue weighted by Gasteiger charge is 2.34. The maximum atomic E-state index is 13.6. The number of carbonyl (C=O) groups is 1. The van der Waals surface area contributed by atoms with Gasteiger partial charge in [-0.15, -0.1) is 0 Å². The second-order valence-corrected chi connectivity index (χ2v) is 6.88. The van der Waals surface area contributed by atoms with Crippen molar-refractivity contribution in [3.63, 3.8) is 0 Å². The summed E-state index contributed by atoms with van der Waals surface area (Å²) in [5.74, 6) is -1.34. The van der Waals surface area contributed by atoms with Crippen LogP contribution in [0.5, 0.6) is 5.88 Å². The van der Waals surface area contributed by atoms with Crippen molar-refractivity contribution in [2.45, 2.75) is 6.18 Å². The molecule has 0 aliphatic carbocycles. The van der Waals surface area contributed by atoms with E-state index in [1.807, 2.05) is 0 Å². The van der Waals surface area contributed by atoms with Gasteiger partial charge in [-0.05, 0) is 30.3 Å². The normalized spacial score (nSPS) is 11.7. The molecule has 166 valence electrons. The Morgan fingerprint density at radius 3 is 2.42 bits per heavy atom. The van der Waals surface area contributed by atoms with Crippen LogP contribution in [-0.2, 0) is 6.18 Å². The lowest BCUT2D eigenvalue weighted by Gasteiger charge is -2.17. The van der Waals surface area contributed by atoms with E-state index in [0.29, 0.717) is 4.57 Å². The molecule has 2 aromatic carbocycles. The third-order valence-corrected chi connectivity index (χ3v) is 4.84. The molecule has 0 aliphatic rings. The molecule has 2 N–H and O–H groups in total. The SMILES string of the molecule is O=C(N/N=C/c1c(O)n(-c2ccccc2C(F)(F)F)c(=O)c2ccccc12)c1cccnc1. The molecule has 2 aromatic heterocycles. The molecule has 0 fully saturated rings. The number of rotatable bonds is 4.